The lowest BCUT2D eigenvalue weighted by Crippen LogP contribution is -2.19. The van der Waals surface area contributed by atoms with Crippen LogP contribution in [-0.4, -0.2) is 41.3 Å². The van der Waals surface area contributed by atoms with E-state index in [1.807, 2.05) is 30.3 Å². The van der Waals surface area contributed by atoms with Crippen LogP contribution in [0.4, 0.5) is 11.6 Å². The number of hydrogen-bond donors (Lipinski definition) is 0. The van der Waals surface area contributed by atoms with Crippen LogP contribution in [0.2, 0.25) is 0 Å². The number of benzene rings is 1. The quantitative estimate of drug-likeness (QED) is 0.725. The SMILES string of the molecule is CN(c1ccccc1)c1nc(S(C)(=O)=O)nc2ccnn12. The molecule has 0 aliphatic rings. The minimum atomic E-state index is -3.50. The van der Waals surface area contributed by atoms with Crippen molar-refractivity contribution in [2.45, 2.75) is 5.16 Å². The van der Waals surface area contributed by atoms with Crippen molar-refractivity contribution in [2.75, 3.05) is 18.2 Å². The first-order valence-corrected chi connectivity index (χ1v) is 8.06. The monoisotopic (exact) mass is 303 g/mol. The third-order valence-corrected chi connectivity index (χ3v) is 3.84. The normalized spacial score (nSPS) is 11.7. The molecule has 8 heteroatoms. The molecular weight excluding hydrogens is 290 g/mol. The Bertz CT molecular complexity index is 889. The van der Waals surface area contributed by atoms with Crippen molar-refractivity contribution in [3.8, 4) is 0 Å². The maximum atomic E-state index is 11.7. The number of rotatable bonds is 3. The van der Waals surface area contributed by atoms with Crippen molar-refractivity contribution < 1.29 is 8.42 Å². The number of anilines is 2. The first-order chi connectivity index (χ1) is 9.97. The predicted octanol–water partition coefficient (Wildman–Crippen LogP) is 1.30. The van der Waals surface area contributed by atoms with Gasteiger partial charge in [0.05, 0.1) is 6.20 Å². The van der Waals surface area contributed by atoms with E-state index in [9.17, 15) is 8.42 Å². The lowest BCUT2D eigenvalue weighted by atomic mass is 10.3. The van der Waals surface area contributed by atoms with Gasteiger partial charge in [-0.05, 0) is 12.1 Å². The van der Waals surface area contributed by atoms with Crippen molar-refractivity contribution in [3.63, 3.8) is 0 Å². The highest BCUT2D eigenvalue weighted by Gasteiger charge is 2.18. The molecule has 0 bridgehead atoms. The Morgan fingerprint density at radius 2 is 1.81 bits per heavy atom. The summed E-state index contributed by atoms with van der Waals surface area (Å²) in [6.07, 6.45) is 2.64. The van der Waals surface area contributed by atoms with Gasteiger partial charge in [0.2, 0.25) is 15.8 Å². The average Bonchev–Trinajstić information content (AvgIpc) is 2.94. The van der Waals surface area contributed by atoms with E-state index in [0.717, 1.165) is 11.9 Å². The highest BCUT2D eigenvalue weighted by molar-refractivity contribution is 7.90. The van der Waals surface area contributed by atoms with E-state index in [2.05, 4.69) is 15.1 Å². The lowest BCUT2D eigenvalue weighted by Gasteiger charge is -2.19. The number of hydrogen-bond acceptors (Lipinski definition) is 6. The number of para-hydroxylation sites is 1. The maximum absolute atomic E-state index is 11.7. The molecule has 0 saturated carbocycles. The van der Waals surface area contributed by atoms with Crippen LogP contribution in [0, 0.1) is 0 Å². The summed E-state index contributed by atoms with van der Waals surface area (Å²) < 4.78 is 25.0. The van der Waals surface area contributed by atoms with Gasteiger partial charge in [-0.25, -0.2) is 8.42 Å². The zero-order chi connectivity index (χ0) is 15.0. The average molecular weight is 303 g/mol. The van der Waals surface area contributed by atoms with Crippen LogP contribution in [0.3, 0.4) is 0 Å². The summed E-state index contributed by atoms with van der Waals surface area (Å²) in [6, 6.07) is 11.1. The fourth-order valence-electron chi connectivity index (χ4n) is 1.94. The van der Waals surface area contributed by atoms with Gasteiger partial charge in [-0.3, -0.25) is 0 Å². The van der Waals surface area contributed by atoms with E-state index in [0.29, 0.717) is 11.6 Å². The Labute approximate surface area is 121 Å². The molecule has 1 aromatic carbocycles. The Morgan fingerprint density at radius 3 is 2.48 bits per heavy atom. The van der Waals surface area contributed by atoms with E-state index in [1.165, 1.54) is 4.52 Å². The number of aromatic nitrogens is 4. The van der Waals surface area contributed by atoms with Crippen LogP contribution >= 0.6 is 0 Å². The topological polar surface area (TPSA) is 80.5 Å². The van der Waals surface area contributed by atoms with Crippen molar-refractivity contribution in [1.29, 1.82) is 0 Å². The smallest absolute Gasteiger partial charge is 0.252 e. The largest absolute Gasteiger partial charge is 0.313 e. The van der Waals surface area contributed by atoms with Gasteiger partial charge in [0, 0.05) is 25.1 Å². The Hall–Kier alpha value is -2.48. The molecule has 2 heterocycles. The minimum absolute atomic E-state index is 0.215. The maximum Gasteiger partial charge on any atom is 0.252 e. The van der Waals surface area contributed by atoms with Crippen molar-refractivity contribution in [1.82, 2.24) is 19.6 Å². The molecule has 0 N–H and O–H groups in total. The summed E-state index contributed by atoms with van der Waals surface area (Å²) in [5.41, 5.74) is 1.30. The number of sulfone groups is 1. The summed E-state index contributed by atoms with van der Waals surface area (Å²) >= 11 is 0. The molecule has 0 radical (unpaired) electrons. The molecule has 2 aromatic heterocycles. The van der Waals surface area contributed by atoms with Gasteiger partial charge in [0.25, 0.3) is 5.16 Å². The highest BCUT2D eigenvalue weighted by atomic mass is 32.2. The van der Waals surface area contributed by atoms with Gasteiger partial charge in [-0.1, -0.05) is 18.2 Å². The Balaban J connectivity index is 2.24. The zero-order valence-electron chi connectivity index (χ0n) is 11.5. The van der Waals surface area contributed by atoms with Gasteiger partial charge in [0.1, 0.15) is 0 Å². The van der Waals surface area contributed by atoms with Crippen LogP contribution in [0.25, 0.3) is 5.65 Å². The molecular formula is C13H13N5O2S. The summed E-state index contributed by atoms with van der Waals surface area (Å²) in [6.45, 7) is 0. The summed E-state index contributed by atoms with van der Waals surface area (Å²) in [7, 11) is -1.70. The van der Waals surface area contributed by atoms with Crippen LogP contribution in [0.1, 0.15) is 0 Å². The first kappa shape index (κ1) is 13.5. The molecule has 7 nitrogen and oxygen atoms in total. The van der Waals surface area contributed by atoms with E-state index in [4.69, 9.17) is 0 Å². The van der Waals surface area contributed by atoms with E-state index in [1.54, 1.807) is 24.2 Å². The van der Waals surface area contributed by atoms with Crippen LogP contribution < -0.4 is 4.90 Å². The van der Waals surface area contributed by atoms with Crippen LogP contribution in [0.5, 0.6) is 0 Å². The molecule has 3 rings (SSSR count). The molecule has 0 fully saturated rings. The molecule has 0 aliphatic heterocycles. The molecule has 108 valence electrons. The standard InChI is InChI=1S/C13H13N5O2S/c1-17(10-6-4-3-5-7-10)13-16-12(21(2,19)20)15-11-8-9-14-18(11)13/h3-9H,1-2H3. The van der Waals surface area contributed by atoms with Gasteiger partial charge in [0.15, 0.2) is 5.65 Å². The van der Waals surface area contributed by atoms with Crippen molar-refractivity contribution in [3.05, 3.63) is 42.6 Å². The lowest BCUT2D eigenvalue weighted by molar-refractivity contribution is 0.591. The molecule has 0 unspecified atom stereocenters. The van der Waals surface area contributed by atoms with E-state index in [-0.39, 0.29) is 5.16 Å². The van der Waals surface area contributed by atoms with E-state index >= 15 is 0 Å². The summed E-state index contributed by atoms with van der Waals surface area (Å²) in [5, 5.41) is 3.93. The molecule has 0 spiro atoms. The highest BCUT2D eigenvalue weighted by Crippen LogP contribution is 2.22. The van der Waals surface area contributed by atoms with Crippen LogP contribution in [0.15, 0.2) is 47.8 Å². The second-order valence-electron chi connectivity index (χ2n) is 4.57. The zero-order valence-corrected chi connectivity index (χ0v) is 12.3. The number of fused-ring (bicyclic) bond motifs is 1. The third kappa shape index (κ3) is 2.45. The minimum Gasteiger partial charge on any atom is -0.313 e. The Morgan fingerprint density at radius 1 is 1.10 bits per heavy atom. The fraction of sp³-hybridized carbons (Fsp3) is 0.154. The van der Waals surface area contributed by atoms with Crippen molar-refractivity contribution in [2.24, 2.45) is 0 Å². The Kier molecular flexibility index (Phi) is 3.09. The van der Waals surface area contributed by atoms with Crippen molar-refractivity contribution >= 4 is 27.1 Å². The van der Waals surface area contributed by atoms with Gasteiger partial charge < -0.3 is 4.90 Å². The van der Waals surface area contributed by atoms with E-state index < -0.39 is 9.84 Å². The van der Waals surface area contributed by atoms with Gasteiger partial charge in [-0.15, -0.1) is 0 Å². The second-order valence-corrected chi connectivity index (χ2v) is 6.48. The molecule has 0 atom stereocenters. The molecule has 0 aliphatic carbocycles. The second kappa shape index (κ2) is 4.81. The predicted molar refractivity (Wildman–Crippen MR) is 78.4 cm³/mol. The number of nitrogens with zero attached hydrogens (tertiary/aromatic N) is 5. The fourth-order valence-corrected chi connectivity index (χ4v) is 2.45. The van der Waals surface area contributed by atoms with Gasteiger partial charge >= 0.3 is 0 Å². The third-order valence-electron chi connectivity index (χ3n) is 2.99. The molecule has 3 aromatic rings. The summed E-state index contributed by atoms with van der Waals surface area (Å²) in [4.78, 5) is 9.93. The summed E-state index contributed by atoms with van der Waals surface area (Å²) in [5.74, 6) is 0.386. The molecule has 0 amide bonds. The first-order valence-electron chi connectivity index (χ1n) is 6.17. The van der Waals surface area contributed by atoms with Crippen LogP contribution in [-0.2, 0) is 9.84 Å². The van der Waals surface area contributed by atoms with Gasteiger partial charge in [-0.2, -0.15) is 19.6 Å². The molecule has 21 heavy (non-hydrogen) atoms. The molecule has 0 saturated heterocycles.